The standard InChI is InChI=1S/C15H15ClN6S/c16-11-5-3-10(4-6-11)8-13-20-21-15(23-13)19-12-2-1-7-22-14(12)17-9-18-22/h3-6,9,12H,1-2,7-8H2,(H,19,21). The summed E-state index contributed by atoms with van der Waals surface area (Å²) in [6, 6.07) is 7.97. The number of hydrogen-bond donors (Lipinski definition) is 1. The maximum Gasteiger partial charge on any atom is 0.206 e. The van der Waals surface area contributed by atoms with E-state index in [0.29, 0.717) is 0 Å². The first kappa shape index (κ1) is 14.6. The van der Waals surface area contributed by atoms with Gasteiger partial charge >= 0.3 is 0 Å². The van der Waals surface area contributed by atoms with Gasteiger partial charge in [0.25, 0.3) is 0 Å². The van der Waals surface area contributed by atoms with E-state index in [1.807, 2.05) is 28.9 Å². The third-order valence-electron chi connectivity index (χ3n) is 3.85. The molecule has 2 aromatic heterocycles. The summed E-state index contributed by atoms with van der Waals surface area (Å²) < 4.78 is 1.96. The van der Waals surface area contributed by atoms with Gasteiger partial charge in [-0.25, -0.2) is 9.67 Å². The van der Waals surface area contributed by atoms with E-state index in [9.17, 15) is 0 Å². The number of hydrogen-bond acceptors (Lipinski definition) is 6. The fraction of sp³-hybridized carbons (Fsp3) is 0.333. The van der Waals surface area contributed by atoms with Crippen molar-refractivity contribution in [3.63, 3.8) is 0 Å². The van der Waals surface area contributed by atoms with Gasteiger partial charge in [-0.05, 0) is 30.5 Å². The second kappa shape index (κ2) is 6.25. The van der Waals surface area contributed by atoms with Crippen LogP contribution in [0.5, 0.6) is 0 Å². The number of halogens is 1. The van der Waals surface area contributed by atoms with Crippen LogP contribution in [0.4, 0.5) is 5.13 Å². The Hall–Kier alpha value is -1.99. The average Bonchev–Trinajstić information content (AvgIpc) is 3.19. The highest BCUT2D eigenvalue weighted by molar-refractivity contribution is 7.15. The predicted molar refractivity (Wildman–Crippen MR) is 89.8 cm³/mol. The molecular weight excluding hydrogens is 332 g/mol. The first-order valence-corrected chi connectivity index (χ1v) is 8.68. The lowest BCUT2D eigenvalue weighted by molar-refractivity contribution is 0.437. The first-order chi connectivity index (χ1) is 11.3. The second-order valence-corrected chi connectivity index (χ2v) is 6.98. The van der Waals surface area contributed by atoms with E-state index in [4.69, 9.17) is 11.6 Å². The normalized spacial score (nSPS) is 17.0. The van der Waals surface area contributed by atoms with Gasteiger partial charge in [0.1, 0.15) is 17.2 Å². The van der Waals surface area contributed by atoms with E-state index in [1.165, 1.54) is 5.56 Å². The molecule has 0 bridgehead atoms. The van der Waals surface area contributed by atoms with Crippen molar-refractivity contribution in [2.75, 3.05) is 5.32 Å². The molecule has 1 atom stereocenters. The molecule has 1 aliphatic heterocycles. The summed E-state index contributed by atoms with van der Waals surface area (Å²) in [5, 5.41) is 18.8. The molecule has 0 spiro atoms. The Morgan fingerprint density at radius 1 is 1.26 bits per heavy atom. The molecule has 1 aliphatic rings. The second-order valence-electron chi connectivity index (χ2n) is 5.48. The molecule has 6 nitrogen and oxygen atoms in total. The van der Waals surface area contributed by atoms with Crippen molar-refractivity contribution < 1.29 is 0 Å². The van der Waals surface area contributed by atoms with Gasteiger partial charge in [0.15, 0.2) is 0 Å². The number of aromatic nitrogens is 5. The maximum absolute atomic E-state index is 5.91. The SMILES string of the molecule is Clc1ccc(Cc2nnc(NC3CCCn4ncnc43)s2)cc1. The van der Waals surface area contributed by atoms with Crippen molar-refractivity contribution in [3.05, 3.63) is 52.0 Å². The topological polar surface area (TPSA) is 68.5 Å². The number of anilines is 1. The van der Waals surface area contributed by atoms with Crippen molar-refractivity contribution in [2.24, 2.45) is 0 Å². The van der Waals surface area contributed by atoms with E-state index < -0.39 is 0 Å². The molecule has 0 amide bonds. The lowest BCUT2D eigenvalue weighted by Gasteiger charge is -2.22. The van der Waals surface area contributed by atoms with Gasteiger partial charge in [0, 0.05) is 18.0 Å². The zero-order chi connectivity index (χ0) is 15.6. The fourth-order valence-electron chi connectivity index (χ4n) is 2.74. The van der Waals surface area contributed by atoms with E-state index >= 15 is 0 Å². The van der Waals surface area contributed by atoms with E-state index in [1.54, 1.807) is 17.7 Å². The summed E-state index contributed by atoms with van der Waals surface area (Å²) in [5.74, 6) is 0.978. The number of nitrogens with one attached hydrogen (secondary N) is 1. The van der Waals surface area contributed by atoms with Crippen LogP contribution >= 0.6 is 22.9 Å². The van der Waals surface area contributed by atoms with E-state index in [-0.39, 0.29) is 6.04 Å². The first-order valence-electron chi connectivity index (χ1n) is 7.49. The van der Waals surface area contributed by atoms with Gasteiger partial charge < -0.3 is 5.32 Å². The number of rotatable bonds is 4. The summed E-state index contributed by atoms with van der Waals surface area (Å²) in [7, 11) is 0. The van der Waals surface area contributed by atoms with Gasteiger partial charge in [-0.2, -0.15) is 5.10 Å². The van der Waals surface area contributed by atoms with Crippen LogP contribution in [0, 0.1) is 0 Å². The quantitative estimate of drug-likeness (QED) is 0.784. The Balaban J connectivity index is 1.46. The fourth-order valence-corrected chi connectivity index (χ4v) is 3.69. The number of nitrogens with zero attached hydrogens (tertiary/aromatic N) is 5. The Morgan fingerprint density at radius 2 is 2.13 bits per heavy atom. The Kier molecular flexibility index (Phi) is 3.97. The monoisotopic (exact) mass is 346 g/mol. The van der Waals surface area contributed by atoms with Crippen molar-refractivity contribution >= 4 is 28.1 Å². The summed E-state index contributed by atoms with van der Waals surface area (Å²) in [6.45, 7) is 0.936. The van der Waals surface area contributed by atoms with Crippen molar-refractivity contribution in [3.8, 4) is 0 Å². The zero-order valence-corrected chi connectivity index (χ0v) is 13.9. The number of aryl methyl sites for hydroxylation is 1. The predicted octanol–water partition coefficient (Wildman–Crippen LogP) is 3.32. The molecule has 4 rings (SSSR count). The van der Waals surface area contributed by atoms with Crippen LogP contribution in [0.2, 0.25) is 5.02 Å². The van der Waals surface area contributed by atoms with E-state index in [2.05, 4.69) is 25.6 Å². The lowest BCUT2D eigenvalue weighted by Crippen LogP contribution is -2.22. The van der Waals surface area contributed by atoms with Crippen LogP contribution < -0.4 is 5.32 Å². The maximum atomic E-state index is 5.91. The van der Waals surface area contributed by atoms with Crippen LogP contribution in [0.15, 0.2) is 30.6 Å². The molecule has 0 aliphatic carbocycles. The van der Waals surface area contributed by atoms with Crippen molar-refractivity contribution in [1.82, 2.24) is 25.0 Å². The van der Waals surface area contributed by atoms with Crippen LogP contribution in [0.3, 0.4) is 0 Å². The van der Waals surface area contributed by atoms with Gasteiger partial charge in [0.2, 0.25) is 5.13 Å². The summed E-state index contributed by atoms with van der Waals surface area (Å²) in [5.41, 5.74) is 1.18. The van der Waals surface area contributed by atoms with Crippen LogP contribution in [0.1, 0.15) is 35.3 Å². The highest BCUT2D eigenvalue weighted by Crippen LogP contribution is 2.28. The molecule has 1 aromatic carbocycles. The molecule has 1 N–H and O–H groups in total. The molecular formula is C15H15ClN6S. The molecule has 3 aromatic rings. The summed E-state index contributed by atoms with van der Waals surface area (Å²) in [4.78, 5) is 4.35. The number of fused-ring (bicyclic) bond motifs is 1. The summed E-state index contributed by atoms with van der Waals surface area (Å²) >= 11 is 7.49. The molecule has 0 saturated heterocycles. The third-order valence-corrected chi connectivity index (χ3v) is 4.96. The van der Waals surface area contributed by atoms with Gasteiger partial charge in [-0.1, -0.05) is 35.1 Å². The molecule has 0 fully saturated rings. The minimum atomic E-state index is 0.155. The van der Waals surface area contributed by atoms with Crippen LogP contribution in [0.25, 0.3) is 0 Å². The Labute approximate surface area is 142 Å². The lowest BCUT2D eigenvalue weighted by atomic mass is 10.1. The Morgan fingerprint density at radius 3 is 3.00 bits per heavy atom. The highest BCUT2D eigenvalue weighted by atomic mass is 35.5. The van der Waals surface area contributed by atoms with Gasteiger partial charge in [-0.15, -0.1) is 10.2 Å². The van der Waals surface area contributed by atoms with Crippen LogP contribution in [-0.2, 0) is 13.0 Å². The molecule has 1 unspecified atom stereocenters. The number of benzene rings is 1. The van der Waals surface area contributed by atoms with E-state index in [0.717, 1.165) is 46.8 Å². The zero-order valence-electron chi connectivity index (χ0n) is 12.3. The van der Waals surface area contributed by atoms with Crippen molar-refractivity contribution in [1.29, 1.82) is 0 Å². The van der Waals surface area contributed by atoms with Crippen LogP contribution in [-0.4, -0.2) is 25.0 Å². The minimum Gasteiger partial charge on any atom is -0.350 e. The Bertz CT molecular complexity index is 796. The highest BCUT2D eigenvalue weighted by Gasteiger charge is 2.23. The third kappa shape index (κ3) is 3.20. The molecule has 23 heavy (non-hydrogen) atoms. The van der Waals surface area contributed by atoms with Gasteiger partial charge in [0.05, 0.1) is 6.04 Å². The largest absolute Gasteiger partial charge is 0.350 e. The van der Waals surface area contributed by atoms with Crippen molar-refractivity contribution in [2.45, 2.75) is 31.8 Å². The molecule has 3 heterocycles. The molecule has 118 valence electrons. The summed E-state index contributed by atoms with van der Waals surface area (Å²) in [6.07, 6.45) is 4.49. The smallest absolute Gasteiger partial charge is 0.206 e. The van der Waals surface area contributed by atoms with Gasteiger partial charge in [-0.3, -0.25) is 0 Å². The molecule has 0 radical (unpaired) electrons. The molecule has 8 heteroatoms. The molecule has 0 saturated carbocycles. The average molecular weight is 347 g/mol. The minimum absolute atomic E-state index is 0.155.